The third-order valence-electron chi connectivity index (χ3n) is 2.72. The molecule has 1 aromatic carbocycles. The average molecular weight is 260 g/mol. The molecule has 0 fully saturated rings. The molecule has 0 spiro atoms. The smallest absolute Gasteiger partial charge is 0.258 e. The van der Waals surface area contributed by atoms with Gasteiger partial charge in [0.25, 0.3) is 5.69 Å². The molecule has 0 aliphatic rings. The van der Waals surface area contributed by atoms with Gasteiger partial charge in [0.15, 0.2) is 0 Å². The van der Waals surface area contributed by atoms with Gasteiger partial charge in [-0.2, -0.15) is 12.6 Å². The number of nitro groups is 1. The fraction of sp³-hybridized carbons (Fsp3) is 0.154. The van der Waals surface area contributed by atoms with Crippen molar-refractivity contribution in [1.29, 1.82) is 0 Å². The molecule has 0 unspecified atom stereocenters. The molecule has 1 heterocycles. The van der Waals surface area contributed by atoms with Crippen LogP contribution in [0.15, 0.2) is 36.4 Å². The maximum Gasteiger partial charge on any atom is 0.270 e. The maximum atomic E-state index is 10.7. The number of benzene rings is 1. The van der Waals surface area contributed by atoms with Crippen LogP contribution >= 0.6 is 12.6 Å². The number of aryl methyl sites for hydroxylation is 1. The number of pyridine rings is 1. The van der Waals surface area contributed by atoms with Crippen LogP contribution in [0.5, 0.6) is 0 Å². The molecule has 92 valence electrons. The summed E-state index contributed by atoms with van der Waals surface area (Å²) in [6.45, 7) is 1.91. The van der Waals surface area contributed by atoms with Crippen LogP contribution in [0.1, 0.15) is 11.3 Å². The van der Waals surface area contributed by atoms with E-state index in [1.165, 1.54) is 12.1 Å². The summed E-state index contributed by atoms with van der Waals surface area (Å²) in [6.07, 6.45) is 0. The molecule has 0 saturated heterocycles. The summed E-state index contributed by atoms with van der Waals surface area (Å²) in [6, 6.07) is 10.3. The molecule has 0 aliphatic carbocycles. The van der Waals surface area contributed by atoms with Gasteiger partial charge in [0.1, 0.15) is 0 Å². The molecule has 0 saturated carbocycles. The van der Waals surface area contributed by atoms with Crippen LogP contribution in [-0.4, -0.2) is 9.91 Å². The van der Waals surface area contributed by atoms with Crippen molar-refractivity contribution in [2.45, 2.75) is 12.7 Å². The third kappa shape index (κ3) is 2.51. The zero-order valence-electron chi connectivity index (χ0n) is 9.83. The van der Waals surface area contributed by atoms with E-state index in [1.807, 2.05) is 25.1 Å². The van der Waals surface area contributed by atoms with E-state index in [0.717, 1.165) is 22.5 Å². The molecule has 2 aromatic rings. The van der Waals surface area contributed by atoms with Crippen molar-refractivity contribution in [3.8, 4) is 11.3 Å². The highest BCUT2D eigenvalue weighted by Crippen LogP contribution is 2.23. The van der Waals surface area contributed by atoms with E-state index in [9.17, 15) is 10.1 Å². The van der Waals surface area contributed by atoms with Crippen LogP contribution in [0, 0.1) is 17.0 Å². The van der Waals surface area contributed by atoms with E-state index in [1.54, 1.807) is 6.07 Å². The quantitative estimate of drug-likeness (QED) is 0.523. The topological polar surface area (TPSA) is 56.0 Å². The Labute approximate surface area is 110 Å². The Bertz CT molecular complexity index is 599. The minimum Gasteiger partial charge on any atom is -0.258 e. The van der Waals surface area contributed by atoms with Crippen LogP contribution < -0.4 is 0 Å². The molecular weight excluding hydrogens is 248 g/mol. The van der Waals surface area contributed by atoms with Gasteiger partial charge < -0.3 is 0 Å². The number of hydrogen-bond acceptors (Lipinski definition) is 4. The van der Waals surface area contributed by atoms with Crippen molar-refractivity contribution in [1.82, 2.24) is 4.98 Å². The summed E-state index contributed by atoms with van der Waals surface area (Å²) in [7, 11) is 0. The fourth-order valence-corrected chi connectivity index (χ4v) is 2.03. The molecular formula is C13H12N2O2S. The highest BCUT2D eigenvalue weighted by molar-refractivity contribution is 7.79. The second kappa shape index (κ2) is 5.18. The van der Waals surface area contributed by atoms with Crippen LogP contribution in [0.25, 0.3) is 11.3 Å². The number of aromatic nitrogens is 1. The van der Waals surface area contributed by atoms with Crippen molar-refractivity contribution in [3.05, 3.63) is 57.8 Å². The largest absolute Gasteiger partial charge is 0.270 e. The molecule has 2 rings (SSSR count). The maximum absolute atomic E-state index is 10.7. The summed E-state index contributed by atoms with van der Waals surface area (Å²) in [5.74, 6) is 0.633. The Hall–Kier alpha value is -1.88. The first kappa shape index (κ1) is 12.6. The summed E-state index contributed by atoms with van der Waals surface area (Å²) < 4.78 is 0. The fourth-order valence-electron chi connectivity index (χ4n) is 1.70. The molecule has 4 nitrogen and oxygen atoms in total. The van der Waals surface area contributed by atoms with Crippen LogP contribution in [0.2, 0.25) is 0 Å². The number of thiol groups is 1. The van der Waals surface area contributed by atoms with Gasteiger partial charge in [-0.1, -0.05) is 18.2 Å². The Morgan fingerprint density at radius 3 is 2.72 bits per heavy atom. The Morgan fingerprint density at radius 2 is 2.11 bits per heavy atom. The first-order valence-electron chi connectivity index (χ1n) is 5.44. The number of nitro benzene ring substituents is 1. The van der Waals surface area contributed by atoms with Gasteiger partial charge in [-0.25, -0.2) is 0 Å². The number of nitrogens with zero attached hydrogens (tertiary/aromatic N) is 2. The lowest BCUT2D eigenvalue weighted by Gasteiger charge is -2.05. The first-order chi connectivity index (χ1) is 8.61. The van der Waals surface area contributed by atoms with Crippen LogP contribution in [0.3, 0.4) is 0 Å². The van der Waals surface area contributed by atoms with Gasteiger partial charge in [0.2, 0.25) is 0 Å². The Kier molecular flexibility index (Phi) is 3.62. The zero-order valence-corrected chi connectivity index (χ0v) is 10.7. The van der Waals surface area contributed by atoms with Gasteiger partial charge >= 0.3 is 0 Å². The van der Waals surface area contributed by atoms with Gasteiger partial charge in [-0.05, 0) is 18.6 Å². The van der Waals surface area contributed by atoms with Gasteiger partial charge in [-0.15, -0.1) is 0 Å². The molecule has 1 aromatic heterocycles. The van der Waals surface area contributed by atoms with Crippen LogP contribution in [0.4, 0.5) is 5.69 Å². The van der Waals surface area contributed by atoms with E-state index in [2.05, 4.69) is 17.6 Å². The monoisotopic (exact) mass is 260 g/mol. The first-order valence-corrected chi connectivity index (χ1v) is 6.07. The second-order valence-electron chi connectivity index (χ2n) is 3.91. The lowest BCUT2D eigenvalue weighted by molar-refractivity contribution is -0.384. The predicted octanol–water partition coefficient (Wildman–Crippen LogP) is 3.40. The normalized spacial score (nSPS) is 10.3. The molecule has 5 heteroatoms. The molecule has 0 aliphatic heterocycles. The predicted molar refractivity (Wildman–Crippen MR) is 73.8 cm³/mol. The van der Waals surface area contributed by atoms with Crippen LogP contribution in [-0.2, 0) is 5.75 Å². The highest BCUT2D eigenvalue weighted by Gasteiger charge is 2.08. The van der Waals surface area contributed by atoms with Crippen molar-refractivity contribution >= 4 is 18.3 Å². The summed E-state index contributed by atoms with van der Waals surface area (Å²) >= 11 is 4.22. The molecule has 0 amide bonds. The Balaban J connectivity index is 2.45. The summed E-state index contributed by atoms with van der Waals surface area (Å²) in [4.78, 5) is 14.8. The standard InChI is InChI=1S/C13H12N2O2S/c1-9-11(8-18)5-6-13(14-9)10-3-2-4-12(7-10)15(16)17/h2-7,18H,8H2,1H3. The highest BCUT2D eigenvalue weighted by atomic mass is 32.1. The zero-order chi connectivity index (χ0) is 13.1. The third-order valence-corrected chi connectivity index (χ3v) is 3.06. The van der Waals surface area contributed by atoms with E-state index >= 15 is 0 Å². The Morgan fingerprint density at radius 1 is 1.33 bits per heavy atom. The minimum absolute atomic E-state index is 0.0743. The molecule has 0 bridgehead atoms. The summed E-state index contributed by atoms with van der Waals surface area (Å²) in [5, 5.41) is 10.7. The molecule has 0 atom stereocenters. The SMILES string of the molecule is Cc1nc(-c2cccc([N+](=O)[O-])c2)ccc1CS. The summed E-state index contributed by atoms with van der Waals surface area (Å²) in [5.41, 5.74) is 3.52. The number of non-ortho nitro benzene ring substituents is 1. The molecule has 0 N–H and O–H groups in total. The van der Waals surface area contributed by atoms with Gasteiger partial charge in [0.05, 0.1) is 10.6 Å². The lowest BCUT2D eigenvalue weighted by atomic mass is 10.1. The van der Waals surface area contributed by atoms with E-state index in [4.69, 9.17) is 0 Å². The second-order valence-corrected chi connectivity index (χ2v) is 4.22. The van der Waals surface area contributed by atoms with Crippen molar-refractivity contribution in [2.24, 2.45) is 0 Å². The molecule has 18 heavy (non-hydrogen) atoms. The van der Waals surface area contributed by atoms with Gasteiger partial charge in [-0.3, -0.25) is 15.1 Å². The number of rotatable bonds is 3. The average Bonchev–Trinajstić information content (AvgIpc) is 2.38. The van der Waals surface area contributed by atoms with E-state index in [-0.39, 0.29) is 5.69 Å². The lowest BCUT2D eigenvalue weighted by Crippen LogP contribution is -1.93. The minimum atomic E-state index is -0.404. The van der Waals surface area contributed by atoms with E-state index in [0.29, 0.717) is 5.75 Å². The number of hydrogen-bond donors (Lipinski definition) is 1. The molecule has 0 radical (unpaired) electrons. The van der Waals surface area contributed by atoms with Crippen molar-refractivity contribution in [3.63, 3.8) is 0 Å². The van der Waals surface area contributed by atoms with Crippen molar-refractivity contribution < 1.29 is 4.92 Å². The van der Waals surface area contributed by atoms with Gasteiger partial charge in [0, 0.05) is 29.1 Å². The van der Waals surface area contributed by atoms with Crippen molar-refractivity contribution in [2.75, 3.05) is 0 Å². The van der Waals surface area contributed by atoms with E-state index < -0.39 is 4.92 Å².